The highest BCUT2D eigenvalue weighted by molar-refractivity contribution is 5.83. The Kier molecular flexibility index (Phi) is 2.63. The fourth-order valence-corrected chi connectivity index (χ4v) is 2.99. The highest BCUT2D eigenvalue weighted by Crippen LogP contribution is 2.43. The first-order valence-corrected chi connectivity index (χ1v) is 6.26. The van der Waals surface area contributed by atoms with Crippen LogP contribution in [0.25, 0.3) is 0 Å². The summed E-state index contributed by atoms with van der Waals surface area (Å²) in [5.74, 6) is 1.75. The Labute approximate surface area is 101 Å². The minimum absolute atomic E-state index is 0.240. The third-order valence-corrected chi connectivity index (χ3v) is 3.90. The molecule has 0 amide bonds. The first kappa shape index (κ1) is 10.8. The topological polar surface area (TPSA) is 45.7 Å². The van der Waals surface area contributed by atoms with E-state index in [1.54, 1.807) is 6.26 Å². The number of hydrogen-bond acceptors (Lipinski definition) is 3. The van der Waals surface area contributed by atoms with Crippen LogP contribution in [0.5, 0.6) is 0 Å². The molecule has 0 spiro atoms. The van der Waals surface area contributed by atoms with Gasteiger partial charge in [0.1, 0.15) is 5.76 Å². The van der Waals surface area contributed by atoms with Gasteiger partial charge in [0.15, 0.2) is 0 Å². The maximum absolute atomic E-state index is 9.39. The Hall–Kier alpha value is -1.35. The maximum Gasteiger partial charge on any atom is 0.108 e. The lowest BCUT2D eigenvalue weighted by Crippen LogP contribution is -2.21. The summed E-state index contributed by atoms with van der Waals surface area (Å²) in [4.78, 5) is 4.35. The first-order chi connectivity index (χ1) is 8.33. The summed E-state index contributed by atoms with van der Waals surface area (Å²) < 4.78 is 5.64. The molecule has 1 aromatic rings. The molecule has 2 atom stereocenters. The molecule has 0 radical (unpaired) electrons. The molecule has 0 saturated heterocycles. The van der Waals surface area contributed by atoms with Gasteiger partial charge in [0.25, 0.3) is 0 Å². The second-order valence-corrected chi connectivity index (χ2v) is 4.90. The average molecular weight is 231 g/mol. The Morgan fingerprint density at radius 3 is 3.18 bits per heavy atom. The van der Waals surface area contributed by atoms with Crippen molar-refractivity contribution in [1.82, 2.24) is 0 Å². The highest BCUT2D eigenvalue weighted by atomic mass is 16.3. The quantitative estimate of drug-likeness (QED) is 0.850. The van der Waals surface area contributed by atoms with Crippen molar-refractivity contribution in [2.75, 3.05) is 6.61 Å². The van der Waals surface area contributed by atoms with Crippen LogP contribution in [0.4, 0.5) is 0 Å². The SMILES string of the molecule is CCC1=CN=Cc2coc3c2C1CC(CO)C3. The highest BCUT2D eigenvalue weighted by Gasteiger charge is 2.33. The number of aliphatic hydroxyl groups excluding tert-OH is 1. The largest absolute Gasteiger partial charge is 0.468 e. The molecule has 0 bridgehead atoms. The Bertz CT molecular complexity index is 484. The number of hydrogen-bond donors (Lipinski definition) is 1. The molecule has 90 valence electrons. The predicted molar refractivity (Wildman–Crippen MR) is 66.3 cm³/mol. The van der Waals surface area contributed by atoms with Crippen molar-refractivity contribution in [2.45, 2.75) is 32.1 Å². The third-order valence-electron chi connectivity index (χ3n) is 3.90. The third kappa shape index (κ3) is 1.65. The second kappa shape index (κ2) is 4.15. The van der Waals surface area contributed by atoms with Gasteiger partial charge in [-0.2, -0.15) is 0 Å². The van der Waals surface area contributed by atoms with Gasteiger partial charge < -0.3 is 9.52 Å². The number of furan rings is 1. The van der Waals surface area contributed by atoms with Crippen LogP contribution in [0.3, 0.4) is 0 Å². The van der Waals surface area contributed by atoms with Crippen LogP contribution in [-0.4, -0.2) is 17.9 Å². The number of nitrogens with zero attached hydrogens (tertiary/aromatic N) is 1. The summed E-state index contributed by atoms with van der Waals surface area (Å²) >= 11 is 0. The smallest absolute Gasteiger partial charge is 0.108 e. The monoisotopic (exact) mass is 231 g/mol. The summed E-state index contributed by atoms with van der Waals surface area (Å²) in [5, 5.41) is 9.39. The molecule has 0 aromatic carbocycles. The van der Waals surface area contributed by atoms with E-state index in [2.05, 4.69) is 11.9 Å². The summed E-state index contributed by atoms with van der Waals surface area (Å²) in [6, 6.07) is 0. The van der Waals surface area contributed by atoms with Crippen molar-refractivity contribution >= 4 is 6.21 Å². The molecule has 0 fully saturated rings. The van der Waals surface area contributed by atoms with E-state index in [1.807, 2.05) is 12.4 Å². The maximum atomic E-state index is 9.39. The van der Waals surface area contributed by atoms with Gasteiger partial charge in [-0.25, -0.2) is 0 Å². The zero-order chi connectivity index (χ0) is 11.8. The molecule has 2 aliphatic rings. The van der Waals surface area contributed by atoms with Crippen LogP contribution in [0.15, 0.2) is 27.4 Å². The average Bonchev–Trinajstić information content (AvgIpc) is 2.67. The molecule has 2 unspecified atom stereocenters. The molecule has 1 aromatic heterocycles. The van der Waals surface area contributed by atoms with Crippen LogP contribution in [-0.2, 0) is 6.42 Å². The van der Waals surface area contributed by atoms with Crippen LogP contribution in [0, 0.1) is 5.92 Å². The molecule has 3 nitrogen and oxygen atoms in total. The summed E-state index contributed by atoms with van der Waals surface area (Å²) in [6.45, 7) is 2.40. The summed E-state index contributed by atoms with van der Waals surface area (Å²) in [5.41, 5.74) is 3.77. The minimum atomic E-state index is 0.240. The zero-order valence-corrected chi connectivity index (χ0v) is 10.0. The lowest BCUT2D eigenvalue weighted by Gasteiger charge is -2.28. The molecular formula is C14H17NO2. The van der Waals surface area contributed by atoms with E-state index in [1.165, 1.54) is 11.1 Å². The van der Waals surface area contributed by atoms with Gasteiger partial charge in [-0.15, -0.1) is 0 Å². The molecule has 1 aliphatic carbocycles. The van der Waals surface area contributed by atoms with E-state index in [0.29, 0.717) is 11.8 Å². The second-order valence-electron chi connectivity index (χ2n) is 4.90. The van der Waals surface area contributed by atoms with Crippen LogP contribution in [0.2, 0.25) is 0 Å². The number of aliphatic imine (C=N–C) groups is 1. The lowest BCUT2D eigenvalue weighted by atomic mass is 9.75. The Morgan fingerprint density at radius 2 is 2.41 bits per heavy atom. The van der Waals surface area contributed by atoms with Crippen LogP contribution < -0.4 is 0 Å². The van der Waals surface area contributed by atoms with Gasteiger partial charge in [-0.05, 0) is 24.3 Å². The molecule has 17 heavy (non-hydrogen) atoms. The predicted octanol–water partition coefficient (Wildman–Crippen LogP) is 2.64. The van der Waals surface area contributed by atoms with Crippen molar-refractivity contribution in [3.63, 3.8) is 0 Å². The van der Waals surface area contributed by atoms with Gasteiger partial charge >= 0.3 is 0 Å². The van der Waals surface area contributed by atoms with Gasteiger partial charge in [-0.3, -0.25) is 4.99 Å². The van der Waals surface area contributed by atoms with Gasteiger partial charge in [0.05, 0.1) is 6.26 Å². The van der Waals surface area contributed by atoms with Crippen molar-refractivity contribution in [1.29, 1.82) is 0 Å². The van der Waals surface area contributed by atoms with Crippen molar-refractivity contribution in [3.8, 4) is 0 Å². The number of rotatable bonds is 2. The van der Waals surface area contributed by atoms with Crippen molar-refractivity contribution in [3.05, 3.63) is 34.9 Å². The zero-order valence-electron chi connectivity index (χ0n) is 10.0. The van der Waals surface area contributed by atoms with Crippen molar-refractivity contribution < 1.29 is 9.52 Å². The molecule has 1 N–H and O–H groups in total. The summed E-state index contributed by atoms with van der Waals surface area (Å²) in [6.07, 6.45) is 8.54. The first-order valence-electron chi connectivity index (χ1n) is 6.26. The molecule has 1 aliphatic heterocycles. The van der Waals surface area contributed by atoms with Gasteiger partial charge in [0.2, 0.25) is 0 Å². The number of aliphatic hydroxyl groups is 1. The normalized spacial score (nSPS) is 26.4. The van der Waals surface area contributed by atoms with E-state index in [9.17, 15) is 5.11 Å². The van der Waals surface area contributed by atoms with E-state index < -0.39 is 0 Å². The minimum Gasteiger partial charge on any atom is -0.468 e. The van der Waals surface area contributed by atoms with E-state index in [0.717, 1.165) is 30.6 Å². The molecule has 3 heteroatoms. The van der Waals surface area contributed by atoms with Gasteiger partial charge in [-0.1, -0.05) is 6.92 Å². The standard InChI is InChI=1S/C14H17NO2/c1-2-10-5-15-6-11-8-17-13-4-9(7-16)3-12(10)14(11)13/h5-6,8-9,12,16H,2-4,7H2,1H3. The number of allylic oxidation sites excluding steroid dienone is 1. The fraction of sp³-hybridized carbons (Fsp3) is 0.500. The van der Waals surface area contributed by atoms with Crippen molar-refractivity contribution in [2.24, 2.45) is 10.9 Å². The Morgan fingerprint density at radius 1 is 1.53 bits per heavy atom. The molecule has 2 heterocycles. The van der Waals surface area contributed by atoms with E-state index in [-0.39, 0.29) is 6.61 Å². The van der Waals surface area contributed by atoms with Gasteiger partial charge in [0, 0.05) is 42.5 Å². The Balaban J connectivity index is 2.10. The molecular weight excluding hydrogens is 214 g/mol. The summed E-state index contributed by atoms with van der Waals surface area (Å²) in [7, 11) is 0. The lowest BCUT2D eigenvalue weighted by molar-refractivity contribution is 0.199. The van der Waals surface area contributed by atoms with E-state index in [4.69, 9.17) is 4.42 Å². The van der Waals surface area contributed by atoms with E-state index >= 15 is 0 Å². The molecule has 3 rings (SSSR count). The molecule has 0 saturated carbocycles. The van der Waals surface area contributed by atoms with Crippen LogP contribution >= 0.6 is 0 Å². The fourth-order valence-electron chi connectivity index (χ4n) is 2.99. The van der Waals surface area contributed by atoms with Crippen LogP contribution in [0.1, 0.15) is 42.6 Å².